The summed E-state index contributed by atoms with van der Waals surface area (Å²) in [4.78, 5) is 9.68. The summed E-state index contributed by atoms with van der Waals surface area (Å²) in [6.45, 7) is 1.75. The molecule has 0 saturated heterocycles. The van der Waals surface area contributed by atoms with Crippen LogP contribution < -0.4 is 5.32 Å². The second kappa shape index (κ2) is 4.18. The van der Waals surface area contributed by atoms with Gasteiger partial charge in [-0.1, -0.05) is 30.9 Å². The van der Waals surface area contributed by atoms with Crippen molar-refractivity contribution in [3.8, 4) is 0 Å². The standard InChI is InChI=1S/C9H16ClNO2/c1-9(10,11-8(12)13)7-5-3-2-4-6-7/h7,11H,2-6H2,1H3,(H,12,13). The van der Waals surface area contributed by atoms with Crippen LogP contribution in [0.15, 0.2) is 0 Å². The maximum atomic E-state index is 10.5. The summed E-state index contributed by atoms with van der Waals surface area (Å²) in [6.07, 6.45) is 4.59. The SMILES string of the molecule is CC(Cl)(NC(=O)O)C1CCCCC1. The monoisotopic (exact) mass is 205 g/mol. The Morgan fingerprint density at radius 2 is 2.00 bits per heavy atom. The van der Waals surface area contributed by atoms with Crippen LogP contribution in [0.2, 0.25) is 0 Å². The maximum Gasteiger partial charge on any atom is 0.406 e. The number of amides is 1. The molecule has 0 radical (unpaired) electrons. The van der Waals surface area contributed by atoms with Gasteiger partial charge in [-0.2, -0.15) is 0 Å². The number of halogens is 1. The molecule has 0 aromatic heterocycles. The number of hydrogen-bond donors (Lipinski definition) is 2. The molecule has 1 fully saturated rings. The van der Waals surface area contributed by atoms with Crippen LogP contribution in [0.3, 0.4) is 0 Å². The molecular weight excluding hydrogens is 190 g/mol. The van der Waals surface area contributed by atoms with Gasteiger partial charge in [-0.05, 0) is 25.7 Å². The van der Waals surface area contributed by atoms with E-state index < -0.39 is 11.1 Å². The Bertz CT molecular complexity index is 188. The third-order valence-electron chi connectivity index (χ3n) is 2.72. The van der Waals surface area contributed by atoms with E-state index in [2.05, 4.69) is 5.32 Å². The average molecular weight is 206 g/mol. The minimum absolute atomic E-state index is 0.277. The van der Waals surface area contributed by atoms with Crippen LogP contribution in [0.4, 0.5) is 4.79 Å². The average Bonchev–Trinajstić information content (AvgIpc) is 2.04. The third-order valence-corrected chi connectivity index (χ3v) is 3.13. The van der Waals surface area contributed by atoms with E-state index in [9.17, 15) is 4.79 Å². The van der Waals surface area contributed by atoms with Gasteiger partial charge in [0.2, 0.25) is 0 Å². The van der Waals surface area contributed by atoms with E-state index >= 15 is 0 Å². The first kappa shape index (κ1) is 10.6. The fourth-order valence-corrected chi connectivity index (χ4v) is 2.25. The second-order valence-corrected chi connectivity index (χ2v) is 4.63. The molecular formula is C9H16ClNO2. The van der Waals surface area contributed by atoms with Crippen LogP contribution in [0.5, 0.6) is 0 Å². The summed E-state index contributed by atoms with van der Waals surface area (Å²) >= 11 is 6.12. The van der Waals surface area contributed by atoms with Gasteiger partial charge in [-0.3, -0.25) is 0 Å². The van der Waals surface area contributed by atoms with Crippen molar-refractivity contribution in [1.29, 1.82) is 0 Å². The minimum Gasteiger partial charge on any atom is -0.465 e. The summed E-state index contributed by atoms with van der Waals surface area (Å²) in [5.41, 5.74) is 0. The Balaban J connectivity index is 2.50. The summed E-state index contributed by atoms with van der Waals surface area (Å²) < 4.78 is 0. The van der Waals surface area contributed by atoms with E-state index in [4.69, 9.17) is 16.7 Å². The Hall–Kier alpha value is -0.440. The molecule has 1 aliphatic rings. The van der Waals surface area contributed by atoms with E-state index in [-0.39, 0.29) is 5.92 Å². The van der Waals surface area contributed by atoms with Gasteiger partial charge in [-0.25, -0.2) is 4.79 Å². The van der Waals surface area contributed by atoms with Crippen molar-refractivity contribution in [2.75, 3.05) is 0 Å². The highest BCUT2D eigenvalue weighted by Gasteiger charge is 2.34. The van der Waals surface area contributed by atoms with Crippen molar-refractivity contribution in [1.82, 2.24) is 5.32 Å². The second-order valence-electron chi connectivity index (χ2n) is 3.84. The molecule has 0 aliphatic heterocycles. The van der Waals surface area contributed by atoms with Crippen molar-refractivity contribution >= 4 is 17.7 Å². The van der Waals surface area contributed by atoms with Crippen LogP contribution >= 0.6 is 11.6 Å². The molecule has 76 valence electrons. The number of alkyl halides is 1. The first-order valence-corrected chi connectivity index (χ1v) is 5.10. The van der Waals surface area contributed by atoms with Gasteiger partial charge in [0.1, 0.15) is 5.00 Å². The number of nitrogens with one attached hydrogen (secondary N) is 1. The van der Waals surface area contributed by atoms with Crippen molar-refractivity contribution in [3.63, 3.8) is 0 Å². The molecule has 0 aromatic carbocycles. The lowest BCUT2D eigenvalue weighted by atomic mass is 9.84. The van der Waals surface area contributed by atoms with Crippen molar-refractivity contribution in [2.45, 2.75) is 44.0 Å². The number of carbonyl (C=O) groups is 1. The topological polar surface area (TPSA) is 49.3 Å². The van der Waals surface area contributed by atoms with Gasteiger partial charge >= 0.3 is 6.09 Å². The van der Waals surface area contributed by atoms with Gasteiger partial charge in [-0.15, -0.1) is 0 Å². The molecule has 1 saturated carbocycles. The molecule has 13 heavy (non-hydrogen) atoms. The molecule has 0 bridgehead atoms. The molecule has 1 atom stereocenters. The largest absolute Gasteiger partial charge is 0.465 e. The quantitative estimate of drug-likeness (QED) is 0.538. The normalized spacial score (nSPS) is 23.5. The molecule has 2 N–H and O–H groups in total. The van der Waals surface area contributed by atoms with E-state index in [1.54, 1.807) is 6.92 Å². The molecule has 0 spiro atoms. The number of hydrogen-bond acceptors (Lipinski definition) is 1. The molecule has 1 aliphatic carbocycles. The lowest BCUT2D eigenvalue weighted by molar-refractivity contribution is 0.173. The molecule has 1 unspecified atom stereocenters. The van der Waals surface area contributed by atoms with Crippen LogP contribution in [0.25, 0.3) is 0 Å². The zero-order valence-electron chi connectivity index (χ0n) is 7.85. The van der Waals surface area contributed by atoms with Crippen LogP contribution in [0.1, 0.15) is 39.0 Å². The molecule has 4 heteroatoms. The van der Waals surface area contributed by atoms with E-state index in [0.29, 0.717) is 0 Å². The van der Waals surface area contributed by atoms with Gasteiger partial charge in [0.25, 0.3) is 0 Å². The zero-order chi connectivity index (χ0) is 9.90. The molecule has 0 aromatic rings. The first-order valence-electron chi connectivity index (χ1n) is 4.72. The lowest BCUT2D eigenvalue weighted by Crippen LogP contribution is -2.47. The molecule has 3 nitrogen and oxygen atoms in total. The van der Waals surface area contributed by atoms with Crippen LogP contribution in [-0.4, -0.2) is 16.2 Å². The van der Waals surface area contributed by atoms with E-state index in [1.807, 2.05) is 0 Å². The molecule has 1 amide bonds. The molecule has 0 heterocycles. The smallest absolute Gasteiger partial charge is 0.406 e. The van der Waals surface area contributed by atoms with Gasteiger partial charge in [0, 0.05) is 0 Å². The van der Waals surface area contributed by atoms with Gasteiger partial charge in [0.15, 0.2) is 0 Å². The highest BCUT2D eigenvalue weighted by Crippen LogP contribution is 2.34. The van der Waals surface area contributed by atoms with E-state index in [1.165, 1.54) is 6.42 Å². The highest BCUT2D eigenvalue weighted by molar-refractivity contribution is 6.24. The number of carboxylic acid groups (broad SMARTS) is 1. The summed E-state index contributed by atoms with van der Waals surface area (Å²) in [5, 5.41) is 11.0. The van der Waals surface area contributed by atoms with Gasteiger partial charge in [0.05, 0.1) is 0 Å². The summed E-state index contributed by atoms with van der Waals surface area (Å²) in [5.74, 6) is 0.277. The lowest BCUT2D eigenvalue weighted by Gasteiger charge is -2.34. The van der Waals surface area contributed by atoms with Crippen molar-refractivity contribution in [2.24, 2.45) is 5.92 Å². The summed E-state index contributed by atoms with van der Waals surface area (Å²) in [7, 11) is 0. The highest BCUT2D eigenvalue weighted by atomic mass is 35.5. The Morgan fingerprint density at radius 1 is 1.46 bits per heavy atom. The predicted molar refractivity (Wildman–Crippen MR) is 52.0 cm³/mol. The fourth-order valence-electron chi connectivity index (χ4n) is 1.96. The Morgan fingerprint density at radius 3 is 2.46 bits per heavy atom. The van der Waals surface area contributed by atoms with Crippen molar-refractivity contribution < 1.29 is 9.90 Å². The predicted octanol–water partition coefficient (Wildman–Crippen LogP) is 2.79. The van der Waals surface area contributed by atoms with Gasteiger partial charge < -0.3 is 10.4 Å². The zero-order valence-corrected chi connectivity index (χ0v) is 8.60. The maximum absolute atomic E-state index is 10.5. The van der Waals surface area contributed by atoms with Crippen LogP contribution in [0, 0.1) is 5.92 Å². The van der Waals surface area contributed by atoms with Crippen LogP contribution in [-0.2, 0) is 0 Å². The fraction of sp³-hybridized carbons (Fsp3) is 0.889. The first-order chi connectivity index (χ1) is 6.02. The summed E-state index contributed by atoms with van der Waals surface area (Å²) in [6, 6.07) is 0. The van der Waals surface area contributed by atoms with E-state index in [0.717, 1.165) is 25.7 Å². The Labute approximate surface area is 83.5 Å². The minimum atomic E-state index is -1.04. The Kier molecular flexibility index (Phi) is 3.42. The number of rotatable bonds is 2. The molecule has 1 rings (SSSR count). The van der Waals surface area contributed by atoms with Crippen molar-refractivity contribution in [3.05, 3.63) is 0 Å². The third kappa shape index (κ3) is 3.07.